The van der Waals surface area contributed by atoms with Crippen molar-refractivity contribution in [2.24, 2.45) is 24.6 Å². The standard InChI is InChI=1S/C13H23N3/c1-3-10-4-6-11(7-5-10)13(14)12-8-15-9-16(12)2/h8-11,13H,3-7,14H2,1-2H3. The summed E-state index contributed by atoms with van der Waals surface area (Å²) in [6, 6.07) is 0.172. The number of rotatable bonds is 3. The molecule has 1 fully saturated rings. The molecule has 0 aliphatic heterocycles. The molecule has 1 aromatic heterocycles. The zero-order valence-corrected chi connectivity index (χ0v) is 10.4. The highest BCUT2D eigenvalue weighted by atomic mass is 15.0. The van der Waals surface area contributed by atoms with Crippen LogP contribution in [0.25, 0.3) is 0 Å². The minimum absolute atomic E-state index is 0.172. The molecule has 1 saturated carbocycles. The molecule has 0 radical (unpaired) electrons. The third-order valence-corrected chi connectivity index (χ3v) is 4.17. The van der Waals surface area contributed by atoms with E-state index in [-0.39, 0.29) is 6.04 Å². The van der Waals surface area contributed by atoms with Crippen LogP contribution in [-0.2, 0) is 7.05 Å². The molecule has 3 nitrogen and oxygen atoms in total. The highest BCUT2D eigenvalue weighted by Crippen LogP contribution is 2.36. The number of nitrogens with zero attached hydrogens (tertiary/aromatic N) is 2. The van der Waals surface area contributed by atoms with Crippen molar-refractivity contribution in [3.05, 3.63) is 18.2 Å². The van der Waals surface area contributed by atoms with E-state index in [9.17, 15) is 0 Å². The predicted octanol–water partition coefficient (Wildman–Crippen LogP) is 2.64. The van der Waals surface area contributed by atoms with Crippen LogP contribution in [0.4, 0.5) is 0 Å². The Morgan fingerprint density at radius 3 is 2.62 bits per heavy atom. The van der Waals surface area contributed by atoms with Crippen molar-refractivity contribution in [2.75, 3.05) is 0 Å². The molecule has 1 aliphatic carbocycles. The third kappa shape index (κ3) is 2.29. The van der Waals surface area contributed by atoms with Crippen LogP contribution in [0.3, 0.4) is 0 Å². The number of aryl methyl sites for hydroxylation is 1. The van der Waals surface area contributed by atoms with Crippen molar-refractivity contribution >= 4 is 0 Å². The van der Waals surface area contributed by atoms with Crippen LogP contribution in [0.2, 0.25) is 0 Å². The molecule has 1 aromatic rings. The summed E-state index contributed by atoms with van der Waals surface area (Å²) in [6.45, 7) is 2.30. The summed E-state index contributed by atoms with van der Waals surface area (Å²) in [7, 11) is 2.03. The molecule has 0 spiro atoms. The van der Waals surface area contributed by atoms with E-state index in [2.05, 4.69) is 16.5 Å². The van der Waals surface area contributed by atoms with Gasteiger partial charge >= 0.3 is 0 Å². The summed E-state index contributed by atoms with van der Waals surface area (Å²) < 4.78 is 2.05. The molecule has 0 aromatic carbocycles. The molecule has 16 heavy (non-hydrogen) atoms. The van der Waals surface area contributed by atoms with Crippen molar-refractivity contribution in [1.82, 2.24) is 9.55 Å². The Labute approximate surface area is 98.1 Å². The van der Waals surface area contributed by atoms with E-state index in [1.165, 1.54) is 37.8 Å². The summed E-state index contributed by atoms with van der Waals surface area (Å²) in [5, 5.41) is 0. The number of nitrogens with two attached hydrogens (primary N) is 1. The van der Waals surface area contributed by atoms with Gasteiger partial charge in [-0.25, -0.2) is 4.98 Å². The number of imidazole rings is 1. The first-order valence-corrected chi connectivity index (χ1v) is 6.44. The highest BCUT2D eigenvalue weighted by Gasteiger charge is 2.26. The maximum atomic E-state index is 6.34. The molecule has 90 valence electrons. The molecule has 1 heterocycles. The van der Waals surface area contributed by atoms with Gasteiger partial charge in [0.1, 0.15) is 0 Å². The fourth-order valence-electron chi connectivity index (χ4n) is 2.89. The molecule has 1 unspecified atom stereocenters. The van der Waals surface area contributed by atoms with E-state index in [0.29, 0.717) is 5.92 Å². The Morgan fingerprint density at radius 2 is 2.12 bits per heavy atom. The smallest absolute Gasteiger partial charge is 0.0946 e. The van der Waals surface area contributed by atoms with Gasteiger partial charge in [0.25, 0.3) is 0 Å². The molecule has 1 aliphatic rings. The third-order valence-electron chi connectivity index (χ3n) is 4.17. The quantitative estimate of drug-likeness (QED) is 0.852. The highest BCUT2D eigenvalue weighted by molar-refractivity contribution is 5.06. The van der Waals surface area contributed by atoms with Crippen LogP contribution in [0.5, 0.6) is 0 Å². The zero-order chi connectivity index (χ0) is 11.5. The summed E-state index contributed by atoms with van der Waals surface area (Å²) in [5.41, 5.74) is 7.52. The van der Waals surface area contributed by atoms with Crippen molar-refractivity contribution in [1.29, 1.82) is 0 Å². The Morgan fingerprint density at radius 1 is 1.44 bits per heavy atom. The van der Waals surface area contributed by atoms with Crippen molar-refractivity contribution < 1.29 is 0 Å². The molecule has 2 N–H and O–H groups in total. The topological polar surface area (TPSA) is 43.8 Å². The average Bonchev–Trinajstić information content (AvgIpc) is 2.75. The van der Waals surface area contributed by atoms with Gasteiger partial charge in [-0.3, -0.25) is 0 Å². The SMILES string of the molecule is CCC1CCC(C(N)c2cncn2C)CC1. The summed E-state index contributed by atoms with van der Waals surface area (Å²) in [6.07, 6.45) is 10.4. The van der Waals surface area contributed by atoms with E-state index in [1.54, 1.807) is 0 Å². The van der Waals surface area contributed by atoms with Crippen LogP contribution < -0.4 is 5.73 Å². The lowest BCUT2D eigenvalue weighted by molar-refractivity contribution is 0.236. The van der Waals surface area contributed by atoms with Crippen molar-refractivity contribution in [2.45, 2.75) is 45.1 Å². The van der Waals surface area contributed by atoms with Crippen molar-refractivity contribution in [3.8, 4) is 0 Å². The zero-order valence-electron chi connectivity index (χ0n) is 10.4. The second-order valence-corrected chi connectivity index (χ2v) is 5.14. The molecule has 2 rings (SSSR count). The van der Waals surface area contributed by atoms with E-state index in [4.69, 9.17) is 5.73 Å². The Balaban J connectivity index is 1.97. The van der Waals surface area contributed by atoms with Gasteiger partial charge in [-0.15, -0.1) is 0 Å². The molecular formula is C13H23N3. The Kier molecular flexibility index (Phi) is 3.64. The van der Waals surface area contributed by atoms with Crippen LogP contribution >= 0.6 is 0 Å². The molecule has 1 atom stereocenters. The Hall–Kier alpha value is -0.830. The maximum Gasteiger partial charge on any atom is 0.0946 e. The molecular weight excluding hydrogens is 198 g/mol. The molecule has 3 heteroatoms. The fourth-order valence-corrected chi connectivity index (χ4v) is 2.89. The predicted molar refractivity (Wildman–Crippen MR) is 65.9 cm³/mol. The van der Waals surface area contributed by atoms with Gasteiger partial charge in [0.2, 0.25) is 0 Å². The summed E-state index contributed by atoms with van der Waals surface area (Å²) in [4.78, 5) is 4.15. The van der Waals surface area contributed by atoms with Gasteiger partial charge in [0.15, 0.2) is 0 Å². The van der Waals surface area contributed by atoms with Crippen LogP contribution in [0, 0.1) is 11.8 Å². The van der Waals surface area contributed by atoms with Gasteiger partial charge in [-0.1, -0.05) is 26.2 Å². The molecule has 0 amide bonds. The minimum atomic E-state index is 0.172. The van der Waals surface area contributed by atoms with Gasteiger partial charge in [0.05, 0.1) is 12.0 Å². The van der Waals surface area contributed by atoms with Crippen LogP contribution in [0.1, 0.15) is 50.8 Å². The second-order valence-electron chi connectivity index (χ2n) is 5.14. The maximum absolute atomic E-state index is 6.34. The molecule has 0 saturated heterocycles. The van der Waals surface area contributed by atoms with Gasteiger partial charge in [0, 0.05) is 19.3 Å². The number of aromatic nitrogens is 2. The fraction of sp³-hybridized carbons (Fsp3) is 0.769. The summed E-state index contributed by atoms with van der Waals surface area (Å²) in [5.74, 6) is 1.59. The van der Waals surface area contributed by atoms with Crippen LogP contribution in [0.15, 0.2) is 12.5 Å². The van der Waals surface area contributed by atoms with E-state index in [0.717, 1.165) is 5.92 Å². The average molecular weight is 221 g/mol. The normalized spacial score (nSPS) is 27.9. The van der Waals surface area contributed by atoms with E-state index in [1.807, 2.05) is 19.6 Å². The minimum Gasteiger partial charge on any atom is -0.336 e. The number of hydrogen-bond donors (Lipinski definition) is 1. The largest absolute Gasteiger partial charge is 0.336 e. The van der Waals surface area contributed by atoms with Gasteiger partial charge < -0.3 is 10.3 Å². The lowest BCUT2D eigenvalue weighted by Gasteiger charge is -2.31. The first-order chi connectivity index (χ1) is 7.72. The first-order valence-electron chi connectivity index (χ1n) is 6.44. The lowest BCUT2D eigenvalue weighted by atomic mass is 9.77. The van der Waals surface area contributed by atoms with Crippen molar-refractivity contribution in [3.63, 3.8) is 0 Å². The summed E-state index contributed by atoms with van der Waals surface area (Å²) >= 11 is 0. The van der Waals surface area contributed by atoms with E-state index < -0.39 is 0 Å². The first kappa shape index (κ1) is 11.6. The second kappa shape index (κ2) is 5.00. The number of hydrogen-bond acceptors (Lipinski definition) is 2. The lowest BCUT2D eigenvalue weighted by Crippen LogP contribution is -2.27. The van der Waals surface area contributed by atoms with E-state index >= 15 is 0 Å². The van der Waals surface area contributed by atoms with Gasteiger partial charge in [-0.2, -0.15) is 0 Å². The van der Waals surface area contributed by atoms with Gasteiger partial charge in [-0.05, 0) is 24.7 Å². The Bertz CT molecular complexity index is 324. The monoisotopic (exact) mass is 221 g/mol. The molecule has 0 bridgehead atoms. The van der Waals surface area contributed by atoms with Crippen LogP contribution in [-0.4, -0.2) is 9.55 Å².